The number of rotatable bonds is 10. The molecule has 2 N–H and O–H groups in total. The monoisotopic (exact) mass is 821 g/mol. The Kier molecular flexibility index (Phi) is 16.7. The van der Waals surface area contributed by atoms with Gasteiger partial charge in [0.2, 0.25) is 0 Å². The maximum Gasteiger partial charge on any atom is 1.00 e. The van der Waals surface area contributed by atoms with E-state index >= 15 is 0 Å². The van der Waals surface area contributed by atoms with Crippen molar-refractivity contribution in [2.75, 3.05) is 10.6 Å². The van der Waals surface area contributed by atoms with E-state index in [1.54, 1.807) is 12.2 Å². The van der Waals surface area contributed by atoms with Gasteiger partial charge in [0, 0.05) is 22.7 Å². The predicted molar refractivity (Wildman–Crippen MR) is 194 cm³/mol. The number of aliphatic imine (C=N–C) groups is 1. The number of benzene rings is 5. The van der Waals surface area contributed by atoms with Crippen molar-refractivity contribution in [2.45, 2.75) is 14.7 Å². The Morgan fingerprint density at radius 2 is 0.709 bits per heavy atom. The molecule has 0 atom stereocenters. The summed E-state index contributed by atoms with van der Waals surface area (Å²) in [6, 6.07) is 31.3. The Morgan fingerprint density at radius 1 is 0.418 bits per heavy atom. The SMILES string of the molecule is O=S(=O)([O-])c1ccc(N=C2C=CC(=C(c3ccc(Nc4ccc(S(=O)(=O)[O-])cc4)cc3)c3ccc(Nc4ccc(S(=O)(=O)[O-])cc4)cc3)C=C2)cc1.[Na+].[Na+].[Na+]. The second-order valence-corrected chi connectivity index (χ2v) is 15.5. The molecule has 0 heterocycles. The summed E-state index contributed by atoms with van der Waals surface area (Å²) >= 11 is 0. The summed E-state index contributed by atoms with van der Waals surface area (Å²) in [5.41, 5.74) is 7.06. The summed E-state index contributed by atoms with van der Waals surface area (Å²) in [6.45, 7) is 0. The molecule has 12 nitrogen and oxygen atoms in total. The Balaban J connectivity index is 0.00000271. The topological polar surface area (TPSA) is 208 Å². The van der Waals surface area contributed by atoms with Crippen molar-refractivity contribution in [1.29, 1.82) is 0 Å². The largest absolute Gasteiger partial charge is 1.00 e. The van der Waals surface area contributed by atoms with E-state index < -0.39 is 30.4 Å². The van der Waals surface area contributed by atoms with Gasteiger partial charge in [0.1, 0.15) is 30.4 Å². The molecule has 1 aliphatic rings. The quantitative estimate of drug-likeness (QED) is 0.112. The van der Waals surface area contributed by atoms with Gasteiger partial charge in [-0.1, -0.05) is 36.4 Å². The van der Waals surface area contributed by atoms with Gasteiger partial charge < -0.3 is 24.3 Å². The van der Waals surface area contributed by atoms with Crippen LogP contribution in [-0.4, -0.2) is 44.6 Å². The first-order chi connectivity index (χ1) is 24.6. The summed E-state index contributed by atoms with van der Waals surface area (Å²) in [4.78, 5) is 3.53. The summed E-state index contributed by atoms with van der Waals surface area (Å²) in [5.74, 6) is 0. The molecule has 0 saturated heterocycles. The molecule has 6 rings (SSSR count). The zero-order valence-electron chi connectivity index (χ0n) is 29.7. The molecule has 0 bridgehead atoms. The average Bonchev–Trinajstić information content (AvgIpc) is 3.10. The molecule has 1 aliphatic carbocycles. The smallest absolute Gasteiger partial charge is 0.744 e. The fourth-order valence-electron chi connectivity index (χ4n) is 5.22. The first kappa shape index (κ1) is 46.7. The van der Waals surface area contributed by atoms with Gasteiger partial charge in [0.25, 0.3) is 0 Å². The molecule has 0 unspecified atom stereocenters. The van der Waals surface area contributed by atoms with Crippen LogP contribution in [0.2, 0.25) is 0 Å². The summed E-state index contributed by atoms with van der Waals surface area (Å²) in [6.07, 6.45) is 7.38. The van der Waals surface area contributed by atoms with Gasteiger partial charge in [0.15, 0.2) is 0 Å². The molecule has 0 spiro atoms. The van der Waals surface area contributed by atoms with E-state index in [0.717, 1.165) is 22.3 Å². The van der Waals surface area contributed by atoms with Gasteiger partial charge in [-0.25, -0.2) is 30.2 Å². The van der Waals surface area contributed by atoms with Gasteiger partial charge in [-0.3, -0.25) is 0 Å². The number of nitrogens with zero attached hydrogens (tertiary/aromatic N) is 1. The number of allylic oxidation sites excluding steroid dienone is 5. The molecule has 0 amide bonds. The second-order valence-electron chi connectivity index (χ2n) is 11.3. The number of hydrogen-bond donors (Lipinski definition) is 2. The van der Waals surface area contributed by atoms with Crippen LogP contribution in [0.3, 0.4) is 0 Å². The Hall–Kier alpha value is -2.68. The summed E-state index contributed by atoms with van der Waals surface area (Å²) in [7, 11) is -13.7. The van der Waals surface area contributed by atoms with Gasteiger partial charge in [-0.15, -0.1) is 0 Å². The zero-order valence-corrected chi connectivity index (χ0v) is 38.2. The molecule has 18 heteroatoms. The van der Waals surface area contributed by atoms with E-state index in [1.165, 1.54) is 72.8 Å². The van der Waals surface area contributed by atoms with Crippen LogP contribution in [0.15, 0.2) is 171 Å². The van der Waals surface area contributed by atoms with E-state index in [1.807, 2.05) is 60.7 Å². The van der Waals surface area contributed by atoms with Crippen LogP contribution < -0.4 is 99.3 Å². The first-order valence-electron chi connectivity index (χ1n) is 15.2. The van der Waals surface area contributed by atoms with E-state index in [0.29, 0.717) is 34.1 Å². The van der Waals surface area contributed by atoms with Crippen LogP contribution >= 0.6 is 0 Å². The van der Waals surface area contributed by atoms with Gasteiger partial charge in [-0.2, -0.15) is 0 Å². The van der Waals surface area contributed by atoms with E-state index in [9.17, 15) is 38.9 Å². The molecule has 55 heavy (non-hydrogen) atoms. The summed E-state index contributed by atoms with van der Waals surface area (Å²) < 4.78 is 101. The van der Waals surface area contributed by atoms with E-state index in [2.05, 4.69) is 15.6 Å². The Labute approximate surface area is 385 Å². The maximum atomic E-state index is 11.3. The zero-order chi connectivity index (χ0) is 37.1. The van der Waals surface area contributed by atoms with Gasteiger partial charge in [0.05, 0.1) is 26.1 Å². The van der Waals surface area contributed by atoms with Crippen LogP contribution in [0.4, 0.5) is 28.4 Å². The molecule has 5 aromatic rings. The molecule has 0 radical (unpaired) electrons. The van der Waals surface area contributed by atoms with Crippen LogP contribution in [0.25, 0.3) is 5.57 Å². The number of nitrogens with one attached hydrogen (secondary N) is 2. The number of anilines is 4. The van der Waals surface area contributed by atoms with Crippen molar-refractivity contribution in [1.82, 2.24) is 0 Å². The van der Waals surface area contributed by atoms with Crippen molar-refractivity contribution in [3.05, 3.63) is 162 Å². The minimum atomic E-state index is -4.57. The molecule has 0 fully saturated rings. The van der Waals surface area contributed by atoms with Crippen LogP contribution in [0.5, 0.6) is 0 Å². The third-order valence-electron chi connectivity index (χ3n) is 7.75. The number of hydrogen-bond acceptors (Lipinski definition) is 12. The fraction of sp³-hybridized carbons (Fsp3) is 0. The fourth-order valence-corrected chi connectivity index (χ4v) is 6.63. The van der Waals surface area contributed by atoms with Crippen molar-refractivity contribution >= 4 is 70.1 Å². The standard InChI is InChI=1S/C37H29N3O9S3.3Na/c41-50(42,43)34-19-13-31(14-20-34)38-28-7-1-25(2-8-28)37(26-3-9-29(10-4-26)39-32-15-21-35(22-16-32)51(44,45)46)27-5-11-30(12-6-27)40-33-17-23-36(24-18-33)52(47,48)49;;;/h1-24,38-39H,(H,41,42,43)(H,44,45,46)(H,47,48,49);;;/q;3*+1/p-3. The molecule has 264 valence electrons. The second kappa shape index (κ2) is 19.7. The van der Waals surface area contributed by atoms with Gasteiger partial charge >= 0.3 is 88.7 Å². The Bertz CT molecular complexity index is 2460. The van der Waals surface area contributed by atoms with Crippen LogP contribution in [-0.2, 0) is 30.4 Å². The van der Waals surface area contributed by atoms with Gasteiger partial charge in [-0.05, 0) is 131 Å². The van der Waals surface area contributed by atoms with Crippen molar-refractivity contribution in [3.8, 4) is 0 Å². The van der Waals surface area contributed by atoms with E-state index in [-0.39, 0.29) is 103 Å². The first-order valence-corrected chi connectivity index (χ1v) is 19.5. The minimum absolute atomic E-state index is 0. The minimum Gasteiger partial charge on any atom is -0.744 e. The third-order valence-corrected chi connectivity index (χ3v) is 10.3. The molecule has 0 saturated carbocycles. The maximum absolute atomic E-state index is 11.3. The Morgan fingerprint density at radius 3 is 1.02 bits per heavy atom. The molecule has 5 aromatic carbocycles. The molecule has 0 aromatic heterocycles. The summed E-state index contributed by atoms with van der Waals surface area (Å²) in [5, 5.41) is 6.37. The molecule has 0 aliphatic heterocycles. The van der Waals surface area contributed by atoms with Crippen molar-refractivity contribution < 1.29 is 128 Å². The third kappa shape index (κ3) is 12.7. The molecular formula is C37H26N3Na3O9S3. The molecular weight excluding hydrogens is 796 g/mol. The average molecular weight is 822 g/mol. The van der Waals surface area contributed by atoms with E-state index in [4.69, 9.17) is 0 Å². The predicted octanol–water partition coefficient (Wildman–Crippen LogP) is -2.40. The van der Waals surface area contributed by atoms with Crippen molar-refractivity contribution in [3.63, 3.8) is 0 Å². The normalized spacial score (nSPS) is 12.4. The van der Waals surface area contributed by atoms with Crippen LogP contribution in [0, 0.1) is 0 Å². The van der Waals surface area contributed by atoms with Crippen LogP contribution in [0.1, 0.15) is 11.1 Å². The van der Waals surface area contributed by atoms with Crippen molar-refractivity contribution in [2.24, 2.45) is 4.99 Å².